The number of halogens is 3. The molecule has 0 radical (unpaired) electrons. The summed E-state index contributed by atoms with van der Waals surface area (Å²) in [5, 5.41) is 3.72. The molecule has 0 atom stereocenters. The highest BCUT2D eigenvalue weighted by molar-refractivity contribution is 7.90. The Kier molecular flexibility index (Phi) is 3.74. The first-order valence-corrected chi connectivity index (χ1v) is 8.89. The summed E-state index contributed by atoms with van der Waals surface area (Å²) < 4.78 is 67.4. The molecule has 0 N–H and O–H groups in total. The highest BCUT2D eigenvalue weighted by atomic mass is 32.2. The van der Waals surface area contributed by atoms with Gasteiger partial charge in [0.1, 0.15) is 5.76 Å². The van der Waals surface area contributed by atoms with Gasteiger partial charge in [0, 0.05) is 24.2 Å². The summed E-state index contributed by atoms with van der Waals surface area (Å²) in [5.41, 5.74) is 0.0529. The van der Waals surface area contributed by atoms with Crippen molar-refractivity contribution in [2.75, 3.05) is 6.26 Å². The normalized spacial score (nSPS) is 15.8. The lowest BCUT2D eigenvalue weighted by Crippen LogP contribution is -2.10. The Bertz CT molecular complexity index is 836. The van der Waals surface area contributed by atoms with Gasteiger partial charge in [-0.1, -0.05) is 11.2 Å². The van der Waals surface area contributed by atoms with E-state index in [1.807, 2.05) is 0 Å². The lowest BCUT2D eigenvalue weighted by molar-refractivity contribution is -0.137. The zero-order chi connectivity index (χ0) is 16.8. The Morgan fingerprint density at radius 2 is 1.96 bits per heavy atom. The quantitative estimate of drug-likeness (QED) is 0.850. The summed E-state index contributed by atoms with van der Waals surface area (Å²) in [6, 6.07) is 2.80. The molecule has 1 heterocycles. The summed E-state index contributed by atoms with van der Waals surface area (Å²) in [7, 11) is -3.79. The number of hydrogen-bond acceptors (Lipinski definition) is 4. The predicted molar refractivity (Wildman–Crippen MR) is 75.8 cm³/mol. The summed E-state index contributed by atoms with van der Waals surface area (Å²) in [4.78, 5) is -0.310. The van der Waals surface area contributed by atoms with Crippen molar-refractivity contribution in [1.82, 2.24) is 5.16 Å². The van der Waals surface area contributed by atoms with Gasteiger partial charge in [-0.2, -0.15) is 13.2 Å². The van der Waals surface area contributed by atoms with E-state index in [4.69, 9.17) is 4.52 Å². The topological polar surface area (TPSA) is 60.2 Å². The molecular weight excluding hydrogens is 331 g/mol. The molecule has 0 spiro atoms. The number of nitrogens with zero attached hydrogens (tertiary/aromatic N) is 1. The molecule has 1 aliphatic carbocycles. The van der Waals surface area contributed by atoms with Gasteiger partial charge in [-0.05, 0) is 30.5 Å². The molecule has 1 aromatic heterocycles. The van der Waals surface area contributed by atoms with Gasteiger partial charge in [0.25, 0.3) is 0 Å². The SMILES string of the molecule is CS(=O)(=O)c1cc(C(F)(F)F)ccc1Cc1cnoc1C1CC1. The van der Waals surface area contributed by atoms with Crippen molar-refractivity contribution in [2.24, 2.45) is 0 Å². The standard InChI is InChI=1S/C15H14F3NO3S/c1-23(20,21)13-7-12(15(16,17)18)5-4-10(13)6-11-8-19-22-14(11)9-2-3-9/h4-5,7-9H,2-3,6H2,1H3. The zero-order valence-corrected chi connectivity index (χ0v) is 13.0. The molecule has 1 fully saturated rings. The van der Waals surface area contributed by atoms with Crippen LogP contribution < -0.4 is 0 Å². The van der Waals surface area contributed by atoms with Crippen LogP contribution in [0.4, 0.5) is 13.2 Å². The number of alkyl halides is 3. The third-order valence-corrected chi connectivity index (χ3v) is 4.98. The molecule has 0 saturated heterocycles. The monoisotopic (exact) mass is 345 g/mol. The molecule has 4 nitrogen and oxygen atoms in total. The molecule has 1 aromatic carbocycles. The maximum Gasteiger partial charge on any atom is 0.416 e. The van der Waals surface area contributed by atoms with Crippen molar-refractivity contribution in [2.45, 2.75) is 36.3 Å². The summed E-state index contributed by atoms with van der Waals surface area (Å²) in [6.45, 7) is 0. The van der Waals surface area contributed by atoms with E-state index in [0.29, 0.717) is 17.4 Å². The van der Waals surface area contributed by atoms with E-state index in [9.17, 15) is 21.6 Å². The Hall–Kier alpha value is -1.83. The minimum atomic E-state index is -4.59. The molecule has 8 heteroatoms. The van der Waals surface area contributed by atoms with Crippen LogP contribution in [0.3, 0.4) is 0 Å². The van der Waals surface area contributed by atoms with E-state index >= 15 is 0 Å². The van der Waals surface area contributed by atoms with Crippen molar-refractivity contribution >= 4 is 9.84 Å². The Labute approximate surface area is 131 Å². The fourth-order valence-electron chi connectivity index (χ4n) is 2.51. The molecule has 0 amide bonds. The van der Waals surface area contributed by atoms with Gasteiger partial charge < -0.3 is 4.52 Å². The lowest BCUT2D eigenvalue weighted by Gasteiger charge is -2.12. The minimum absolute atomic E-state index is 0.176. The molecule has 0 unspecified atom stereocenters. The first-order valence-electron chi connectivity index (χ1n) is 7.00. The third-order valence-electron chi connectivity index (χ3n) is 3.80. The second kappa shape index (κ2) is 5.36. The van der Waals surface area contributed by atoms with Crippen molar-refractivity contribution < 1.29 is 26.1 Å². The van der Waals surface area contributed by atoms with Gasteiger partial charge in [0.15, 0.2) is 9.84 Å². The predicted octanol–water partition coefficient (Wildman–Crippen LogP) is 3.57. The highest BCUT2D eigenvalue weighted by Gasteiger charge is 2.33. The number of aromatic nitrogens is 1. The van der Waals surface area contributed by atoms with Gasteiger partial charge in [0.2, 0.25) is 0 Å². The molecule has 1 aliphatic rings. The van der Waals surface area contributed by atoms with Gasteiger partial charge in [-0.25, -0.2) is 8.42 Å². The van der Waals surface area contributed by atoms with Crippen LogP contribution in [0.2, 0.25) is 0 Å². The van der Waals surface area contributed by atoms with E-state index in [0.717, 1.165) is 30.7 Å². The minimum Gasteiger partial charge on any atom is -0.361 e. The number of benzene rings is 1. The molecule has 124 valence electrons. The van der Waals surface area contributed by atoms with E-state index < -0.39 is 21.6 Å². The third kappa shape index (κ3) is 3.41. The molecule has 0 aliphatic heterocycles. The Morgan fingerprint density at radius 1 is 1.26 bits per heavy atom. The Morgan fingerprint density at radius 3 is 2.52 bits per heavy atom. The summed E-state index contributed by atoms with van der Waals surface area (Å²) in [6.07, 6.45) is -0.0503. The number of hydrogen-bond donors (Lipinski definition) is 0. The summed E-state index contributed by atoms with van der Waals surface area (Å²) in [5.74, 6) is 0.980. The van der Waals surface area contributed by atoms with Crippen molar-refractivity contribution in [3.8, 4) is 0 Å². The average Bonchev–Trinajstić information content (AvgIpc) is 3.17. The van der Waals surface area contributed by atoms with E-state index in [1.54, 1.807) is 0 Å². The molecule has 3 rings (SSSR count). The zero-order valence-electron chi connectivity index (χ0n) is 12.2. The van der Waals surface area contributed by atoms with Gasteiger partial charge >= 0.3 is 6.18 Å². The van der Waals surface area contributed by atoms with Crippen molar-refractivity contribution in [3.05, 3.63) is 46.8 Å². The van der Waals surface area contributed by atoms with E-state index in [-0.39, 0.29) is 17.2 Å². The molecule has 1 saturated carbocycles. The first kappa shape index (κ1) is 16.0. The Balaban J connectivity index is 2.03. The van der Waals surface area contributed by atoms with Crippen molar-refractivity contribution in [1.29, 1.82) is 0 Å². The van der Waals surface area contributed by atoms with E-state index in [1.165, 1.54) is 12.3 Å². The van der Waals surface area contributed by atoms with Crippen molar-refractivity contribution in [3.63, 3.8) is 0 Å². The van der Waals surface area contributed by atoms with Crippen LogP contribution in [-0.4, -0.2) is 19.8 Å². The molecule has 23 heavy (non-hydrogen) atoms. The highest BCUT2D eigenvalue weighted by Crippen LogP contribution is 2.42. The average molecular weight is 345 g/mol. The van der Waals surface area contributed by atoms with Crippen LogP contribution in [-0.2, 0) is 22.4 Å². The largest absolute Gasteiger partial charge is 0.416 e. The van der Waals surface area contributed by atoms with Gasteiger partial charge in [0.05, 0.1) is 16.7 Å². The van der Waals surface area contributed by atoms with Crippen LogP contribution in [0.5, 0.6) is 0 Å². The van der Waals surface area contributed by atoms with Gasteiger partial charge in [-0.3, -0.25) is 0 Å². The number of rotatable bonds is 4. The smallest absolute Gasteiger partial charge is 0.361 e. The lowest BCUT2D eigenvalue weighted by atomic mass is 10.0. The first-order chi connectivity index (χ1) is 10.7. The summed E-state index contributed by atoms with van der Waals surface area (Å²) >= 11 is 0. The fourth-order valence-corrected chi connectivity index (χ4v) is 3.47. The second-order valence-corrected chi connectivity index (χ2v) is 7.74. The van der Waals surface area contributed by atoms with Crippen LogP contribution in [0.1, 0.15) is 41.2 Å². The molecular formula is C15H14F3NO3S. The van der Waals surface area contributed by atoms with Crippen LogP contribution >= 0.6 is 0 Å². The van der Waals surface area contributed by atoms with Crippen LogP contribution in [0, 0.1) is 0 Å². The molecule has 0 bridgehead atoms. The van der Waals surface area contributed by atoms with Gasteiger partial charge in [-0.15, -0.1) is 0 Å². The second-order valence-electron chi connectivity index (χ2n) is 5.76. The van der Waals surface area contributed by atoms with Crippen LogP contribution in [0.25, 0.3) is 0 Å². The molecule has 2 aromatic rings. The maximum atomic E-state index is 12.8. The number of sulfone groups is 1. The van der Waals surface area contributed by atoms with E-state index in [2.05, 4.69) is 5.16 Å². The maximum absolute atomic E-state index is 12.8. The van der Waals surface area contributed by atoms with Crippen LogP contribution in [0.15, 0.2) is 33.8 Å². The fraction of sp³-hybridized carbons (Fsp3) is 0.400.